The summed E-state index contributed by atoms with van der Waals surface area (Å²) in [6.45, 7) is 0. The number of aryl methyl sites for hydroxylation is 1. The molecule has 0 aromatic heterocycles. The van der Waals surface area contributed by atoms with Gasteiger partial charge in [0, 0.05) is 13.1 Å². The smallest absolute Gasteiger partial charge is 0.358 e. The average Bonchev–Trinajstić information content (AvgIpc) is 2.81. The molecule has 33 heavy (non-hydrogen) atoms. The maximum Gasteiger partial charge on any atom is 0.416 e. The van der Waals surface area contributed by atoms with Crippen molar-refractivity contribution >= 4 is 17.5 Å². The van der Waals surface area contributed by atoms with Gasteiger partial charge in [-0.15, -0.1) is 0 Å². The van der Waals surface area contributed by atoms with Crippen LogP contribution in [0.3, 0.4) is 0 Å². The molecule has 0 aliphatic rings. The minimum atomic E-state index is -4.40. The fraction of sp³-hybridized carbons (Fsp3) is 0.240. The molecule has 174 valence electrons. The molecule has 0 saturated heterocycles. The Morgan fingerprint density at radius 2 is 1.64 bits per heavy atom. The van der Waals surface area contributed by atoms with E-state index in [0.29, 0.717) is 24.0 Å². The molecule has 0 aliphatic heterocycles. The van der Waals surface area contributed by atoms with E-state index in [9.17, 15) is 22.4 Å². The lowest BCUT2D eigenvalue weighted by atomic mass is 9.96. The number of carbonyl (C=O) groups is 1. The van der Waals surface area contributed by atoms with Crippen LogP contribution in [-0.2, 0) is 17.4 Å². The molecule has 0 heterocycles. The standard InChI is InChI=1S/C25H23ClF4N2O/c1-31-24(33)23(17-5-3-2-4-6-17)32-22(18-10-13-21(27)20(26)15-18)14-9-16-7-11-19(12-8-16)25(28,29)30/h2-8,10-13,15,22-23,32H,9,14H2,1H3,(H,31,33). The second kappa shape index (κ2) is 10.8. The van der Waals surface area contributed by atoms with E-state index in [0.717, 1.165) is 17.7 Å². The molecule has 2 unspecified atom stereocenters. The predicted octanol–water partition coefficient (Wildman–Crippen LogP) is 6.25. The zero-order valence-corrected chi connectivity index (χ0v) is 18.6. The van der Waals surface area contributed by atoms with Crippen molar-refractivity contribution in [3.63, 3.8) is 0 Å². The lowest BCUT2D eigenvalue weighted by Gasteiger charge is -2.26. The first-order chi connectivity index (χ1) is 15.7. The SMILES string of the molecule is CNC(=O)C(NC(CCc1ccc(C(F)(F)F)cc1)c1ccc(F)c(Cl)c1)c1ccccc1. The Morgan fingerprint density at radius 1 is 0.970 bits per heavy atom. The van der Waals surface area contributed by atoms with Gasteiger partial charge in [-0.2, -0.15) is 13.2 Å². The first-order valence-electron chi connectivity index (χ1n) is 10.3. The van der Waals surface area contributed by atoms with Crippen LogP contribution >= 0.6 is 11.6 Å². The Bertz CT molecular complexity index is 1070. The van der Waals surface area contributed by atoms with Crippen LogP contribution in [0.1, 0.15) is 40.8 Å². The number of hydrogen-bond acceptors (Lipinski definition) is 2. The van der Waals surface area contributed by atoms with E-state index in [1.807, 2.05) is 30.3 Å². The molecule has 1 amide bonds. The molecule has 0 fully saturated rings. The van der Waals surface area contributed by atoms with Gasteiger partial charge in [-0.1, -0.05) is 60.1 Å². The van der Waals surface area contributed by atoms with Crippen LogP contribution in [-0.4, -0.2) is 13.0 Å². The highest BCUT2D eigenvalue weighted by molar-refractivity contribution is 6.30. The maximum absolute atomic E-state index is 13.7. The minimum absolute atomic E-state index is 0.0509. The summed E-state index contributed by atoms with van der Waals surface area (Å²) in [5.41, 5.74) is 1.40. The molecule has 0 saturated carbocycles. The molecular formula is C25H23ClF4N2O. The van der Waals surface area contributed by atoms with E-state index in [-0.39, 0.29) is 10.9 Å². The van der Waals surface area contributed by atoms with Crippen molar-refractivity contribution in [3.05, 3.63) is 106 Å². The van der Waals surface area contributed by atoms with Crippen molar-refractivity contribution in [1.82, 2.24) is 10.6 Å². The van der Waals surface area contributed by atoms with Crippen LogP contribution in [0.2, 0.25) is 5.02 Å². The molecule has 8 heteroatoms. The number of alkyl halides is 3. The summed E-state index contributed by atoms with van der Waals surface area (Å²) in [6.07, 6.45) is -3.53. The summed E-state index contributed by atoms with van der Waals surface area (Å²) in [4.78, 5) is 12.6. The van der Waals surface area contributed by atoms with E-state index < -0.39 is 29.6 Å². The number of amides is 1. The molecule has 2 N–H and O–H groups in total. The molecule has 2 atom stereocenters. The fourth-order valence-electron chi connectivity index (χ4n) is 3.56. The number of hydrogen-bond donors (Lipinski definition) is 2. The second-order valence-electron chi connectivity index (χ2n) is 7.58. The summed E-state index contributed by atoms with van der Waals surface area (Å²) in [5.74, 6) is -0.818. The Morgan fingerprint density at radius 3 is 2.21 bits per heavy atom. The number of rotatable bonds is 8. The van der Waals surface area contributed by atoms with Crippen LogP contribution in [0.5, 0.6) is 0 Å². The molecular weight excluding hydrogens is 456 g/mol. The molecule has 3 rings (SSSR count). The van der Waals surface area contributed by atoms with E-state index in [1.165, 1.54) is 31.3 Å². The molecule has 3 aromatic rings. The molecule has 0 aliphatic carbocycles. The number of likely N-dealkylation sites (N-methyl/N-ethyl adjacent to an activating group) is 1. The molecule has 0 radical (unpaired) electrons. The van der Waals surface area contributed by atoms with E-state index >= 15 is 0 Å². The Labute approximate surface area is 194 Å². The Hall–Kier alpha value is -2.90. The largest absolute Gasteiger partial charge is 0.416 e. The number of benzene rings is 3. The lowest BCUT2D eigenvalue weighted by molar-refractivity contribution is -0.137. The molecule has 0 spiro atoms. The van der Waals surface area contributed by atoms with Crippen LogP contribution < -0.4 is 10.6 Å². The van der Waals surface area contributed by atoms with Crippen molar-refractivity contribution in [3.8, 4) is 0 Å². The highest BCUT2D eigenvalue weighted by Crippen LogP contribution is 2.31. The average molecular weight is 479 g/mol. The van der Waals surface area contributed by atoms with Gasteiger partial charge in [-0.05, 0) is 53.8 Å². The zero-order valence-electron chi connectivity index (χ0n) is 17.8. The van der Waals surface area contributed by atoms with Gasteiger partial charge in [0.2, 0.25) is 5.91 Å². The van der Waals surface area contributed by atoms with E-state index in [4.69, 9.17) is 11.6 Å². The fourth-order valence-corrected chi connectivity index (χ4v) is 3.75. The van der Waals surface area contributed by atoms with Crippen molar-refractivity contribution in [2.75, 3.05) is 7.05 Å². The normalized spacial score (nSPS) is 13.4. The van der Waals surface area contributed by atoms with Crippen molar-refractivity contribution in [2.24, 2.45) is 0 Å². The third-order valence-corrected chi connectivity index (χ3v) is 5.65. The summed E-state index contributed by atoms with van der Waals surface area (Å²) in [5, 5.41) is 5.91. The maximum atomic E-state index is 13.7. The second-order valence-corrected chi connectivity index (χ2v) is 7.99. The van der Waals surface area contributed by atoms with Gasteiger partial charge in [0.1, 0.15) is 11.9 Å². The zero-order chi connectivity index (χ0) is 24.0. The number of carbonyl (C=O) groups excluding carboxylic acids is 1. The van der Waals surface area contributed by atoms with E-state index in [1.54, 1.807) is 6.07 Å². The summed E-state index contributed by atoms with van der Waals surface area (Å²) in [6, 6.07) is 17.3. The third kappa shape index (κ3) is 6.55. The van der Waals surface area contributed by atoms with Crippen molar-refractivity contribution < 1.29 is 22.4 Å². The van der Waals surface area contributed by atoms with Crippen LogP contribution in [0.15, 0.2) is 72.8 Å². The van der Waals surface area contributed by atoms with Gasteiger partial charge < -0.3 is 5.32 Å². The quantitative estimate of drug-likeness (QED) is 0.376. The summed E-state index contributed by atoms with van der Waals surface area (Å²) < 4.78 is 52.3. The first-order valence-corrected chi connectivity index (χ1v) is 10.7. The lowest BCUT2D eigenvalue weighted by Crippen LogP contribution is -2.38. The van der Waals surface area contributed by atoms with Gasteiger partial charge in [0.05, 0.1) is 10.6 Å². The van der Waals surface area contributed by atoms with Crippen molar-refractivity contribution in [2.45, 2.75) is 31.1 Å². The highest BCUT2D eigenvalue weighted by Gasteiger charge is 2.30. The van der Waals surface area contributed by atoms with Gasteiger partial charge in [0.15, 0.2) is 0 Å². The number of nitrogens with one attached hydrogen (secondary N) is 2. The monoisotopic (exact) mass is 478 g/mol. The van der Waals surface area contributed by atoms with Crippen molar-refractivity contribution in [1.29, 1.82) is 0 Å². The van der Waals surface area contributed by atoms with E-state index in [2.05, 4.69) is 10.6 Å². The summed E-state index contributed by atoms with van der Waals surface area (Å²) >= 11 is 5.99. The van der Waals surface area contributed by atoms with Crippen LogP contribution in [0.4, 0.5) is 17.6 Å². The number of halogens is 5. The topological polar surface area (TPSA) is 41.1 Å². The van der Waals surface area contributed by atoms with Crippen LogP contribution in [0, 0.1) is 5.82 Å². The highest BCUT2D eigenvalue weighted by atomic mass is 35.5. The van der Waals surface area contributed by atoms with Crippen LogP contribution in [0.25, 0.3) is 0 Å². The van der Waals surface area contributed by atoms with Gasteiger partial charge in [-0.3, -0.25) is 10.1 Å². The van der Waals surface area contributed by atoms with Gasteiger partial charge >= 0.3 is 6.18 Å². The molecule has 3 aromatic carbocycles. The first kappa shape index (κ1) is 24.7. The van der Waals surface area contributed by atoms with Gasteiger partial charge in [0.25, 0.3) is 0 Å². The minimum Gasteiger partial charge on any atom is -0.358 e. The molecule has 3 nitrogen and oxygen atoms in total. The Kier molecular flexibility index (Phi) is 8.10. The molecule has 0 bridgehead atoms. The summed E-state index contributed by atoms with van der Waals surface area (Å²) in [7, 11) is 1.53. The predicted molar refractivity (Wildman–Crippen MR) is 120 cm³/mol. The third-order valence-electron chi connectivity index (χ3n) is 5.36. The van der Waals surface area contributed by atoms with Gasteiger partial charge in [-0.25, -0.2) is 4.39 Å². The Balaban J connectivity index is 1.87.